The maximum atomic E-state index is 12.1. The zero-order valence-corrected chi connectivity index (χ0v) is 25.1. The number of aromatic nitrogens is 4. The van der Waals surface area contributed by atoms with Gasteiger partial charge in [-0.2, -0.15) is 10.2 Å². The molecule has 0 saturated heterocycles. The predicted molar refractivity (Wildman–Crippen MR) is 163 cm³/mol. The van der Waals surface area contributed by atoms with Gasteiger partial charge in [0, 0.05) is 21.1 Å². The number of nitrogens with one attached hydrogen (secondary N) is 2. The summed E-state index contributed by atoms with van der Waals surface area (Å²) in [6, 6.07) is 22.7. The number of halogens is 2. The van der Waals surface area contributed by atoms with Crippen LogP contribution in [0.25, 0.3) is 0 Å². The predicted octanol–water partition coefficient (Wildman–Crippen LogP) is 6.89. The van der Waals surface area contributed by atoms with Crippen LogP contribution in [0.4, 0.5) is 11.6 Å². The van der Waals surface area contributed by atoms with Gasteiger partial charge in [0.15, 0.2) is 11.6 Å². The molecule has 1 fully saturated rings. The van der Waals surface area contributed by atoms with Gasteiger partial charge in [0.25, 0.3) is 0 Å². The van der Waals surface area contributed by atoms with Crippen LogP contribution in [0.2, 0.25) is 0 Å². The van der Waals surface area contributed by atoms with Gasteiger partial charge in [-0.1, -0.05) is 75.4 Å². The molecule has 0 bridgehead atoms. The first-order chi connectivity index (χ1) is 19.4. The Hall–Kier alpha value is -3.50. The van der Waals surface area contributed by atoms with Gasteiger partial charge in [0.05, 0.1) is 18.5 Å². The molecule has 206 valence electrons. The van der Waals surface area contributed by atoms with E-state index in [1.165, 1.54) is 32.1 Å². The summed E-state index contributed by atoms with van der Waals surface area (Å²) in [4.78, 5) is 23.8. The van der Waals surface area contributed by atoms with E-state index >= 15 is 0 Å². The molecular weight excluding hydrogens is 636 g/mol. The standard InChI is InChI=1S/C18H20BrN3O.C12H10BrN3O/c19-15-8-4-5-13(11-15)12-18(23)20-17-10-9-16(21-22-17)14-6-2-1-3-7-14;13-10-4-1-3-9(7-10)8-12(17)15-11-5-2-6-14-16-11/h4-5,8-11,14H,1-3,6-7,12H2,(H,20,22,23);1-7H,8H2,(H,15,16,17). The van der Waals surface area contributed by atoms with Crippen LogP contribution in [0, 0.1) is 0 Å². The van der Waals surface area contributed by atoms with Gasteiger partial charge in [0.2, 0.25) is 11.8 Å². The summed E-state index contributed by atoms with van der Waals surface area (Å²) < 4.78 is 1.93. The van der Waals surface area contributed by atoms with Crippen molar-refractivity contribution in [1.82, 2.24) is 20.4 Å². The van der Waals surface area contributed by atoms with Crippen LogP contribution >= 0.6 is 31.9 Å². The molecule has 4 aromatic rings. The minimum atomic E-state index is -0.108. The van der Waals surface area contributed by atoms with Gasteiger partial charge < -0.3 is 10.6 Å². The third-order valence-corrected chi connectivity index (χ3v) is 7.31. The summed E-state index contributed by atoms with van der Waals surface area (Å²) >= 11 is 6.78. The van der Waals surface area contributed by atoms with Crippen LogP contribution in [-0.4, -0.2) is 32.2 Å². The van der Waals surface area contributed by atoms with E-state index in [2.05, 4.69) is 62.9 Å². The average molecular weight is 666 g/mol. The van der Waals surface area contributed by atoms with Gasteiger partial charge in [-0.25, -0.2) is 0 Å². The fourth-order valence-corrected chi connectivity index (χ4v) is 5.33. The Balaban J connectivity index is 0.000000194. The minimum Gasteiger partial charge on any atom is -0.309 e. The summed E-state index contributed by atoms with van der Waals surface area (Å²) in [6.45, 7) is 0. The molecule has 0 radical (unpaired) electrons. The molecule has 10 heteroatoms. The molecule has 0 aliphatic heterocycles. The number of rotatable bonds is 7. The van der Waals surface area contributed by atoms with Crippen molar-refractivity contribution in [2.24, 2.45) is 0 Å². The molecule has 2 aromatic heterocycles. The third-order valence-electron chi connectivity index (χ3n) is 6.32. The Kier molecular flexibility index (Phi) is 11.3. The zero-order chi connectivity index (χ0) is 28.2. The number of nitrogens with zero attached hydrogens (tertiary/aromatic N) is 4. The normalized spacial score (nSPS) is 13.1. The Morgan fingerprint density at radius 3 is 1.80 bits per heavy atom. The van der Waals surface area contributed by atoms with Crippen molar-refractivity contribution in [2.45, 2.75) is 50.9 Å². The first-order valence-corrected chi connectivity index (χ1v) is 14.7. The number of carbonyl (C=O) groups is 2. The lowest BCUT2D eigenvalue weighted by Gasteiger charge is -2.20. The molecule has 1 aliphatic carbocycles. The first-order valence-electron chi connectivity index (χ1n) is 13.1. The number of amides is 2. The van der Waals surface area contributed by atoms with Gasteiger partial charge in [-0.05, 0) is 72.5 Å². The fourth-order valence-electron chi connectivity index (χ4n) is 4.43. The van der Waals surface area contributed by atoms with E-state index in [1.54, 1.807) is 18.3 Å². The van der Waals surface area contributed by atoms with E-state index in [0.717, 1.165) is 25.8 Å². The van der Waals surface area contributed by atoms with Gasteiger partial charge in [-0.15, -0.1) is 10.2 Å². The van der Waals surface area contributed by atoms with E-state index in [9.17, 15) is 9.59 Å². The van der Waals surface area contributed by atoms with Crippen LogP contribution in [0.3, 0.4) is 0 Å². The van der Waals surface area contributed by atoms with Crippen molar-refractivity contribution in [3.05, 3.63) is 105 Å². The monoisotopic (exact) mass is 664 g/mol. The Morgan fingerprint density at radius 1 is 0.700 bits per heavy atom. The number of carbonyl (C=O) groups excluding carboxylic acids is 2. The van der Waals surface area contributed by atoms with Gasteiger partial charge in [-0.3, -0.25) is 9.59 Å². The van der Waals surface area contributed by atoms with E-state index in [4.69, 9.17) is 0 Å². The van der Waals surface area contributed by atoms with Crippen LogP contribution < -0.4 is 10.6 Å². The molecule has 0 spiro atoms. The number of hydrogen-bond donors (Lipinski definition) is 2. The molecule has 1 aliphatic rings. The lowest BCUT2D eigenvalue weighted by Crippen LogP contribution is -2.16. The summed E-state index contributed by atoms with van der Waals surface area (Å²) in [7, 11) is 0. The van der Waals surface area contributed by atoms with Crippen LogP contribution in [0.5, 0.6) is 0 Å². The fraction of sp³-hybridized carbons (Fsp3) is 0.267. The minimum absolute atomic E-state index is 0.0807. The Bertz CT molecular complexity index is 1400. The number of benzene rings is 2. The SMILES string of the molecule is O=C(Cc1cccc(Br)c1)Nc1ccc(C2CCCCC2)nn1.O=C(Cc1cccc(Br)c1)Nc1cccnn1. The topological polar surface area (TPSA) is 110 Å². The second kappa shape index (κ2) is 15.3. The molecule has 2 heterocycles. The number of hydrogen-bond acceptors (Lipinski definition) is 6. The smallest absolute Gasteiger partial charge is 0.229 e. The third kappa shape index (κ3) is 9.91. The van der Waals surface area contributed by atoms with E-state index in [-0.39, 0.29) is 11.8 Å². The van der Waals surface area contributed by atoms with Gasteiger partial charge in [0.1, 0.15) is 0 Å². The van der Waals surface area contributed by atoms with E-state index < -0.39 is 0 Å². The maximum Gasteiger partial charge on any atom is 0.229 e. The van der Waals surface area contributed by atoms with Crippen molar-refractivity contribution in [3.63, 3.8) is 0 Å². The second-order valence-corrected chi connectivity index (χ2v) is 11.3. The van der Waals surface area contributed by atoms with Crippen molar-refractivity contribution in [3.8, 4) is 0 Å². The quantitative estimate of drug-likeness (QED) is 0.223. The highest BCUT2D eigenvalue weighted by Crippen LogP contribution is 2.31. The van der Waals surface area contributed by atoms with Crippen LogP contribution in [-0.2, 0) is 22.4 Å². The molecule has 0 atom stereocenters. The summed E-state index contributed by atoms with van der Waals surface area (Å²) in [5.74, 6) is 1.33. The maximum absolute atomic E-state index is 12.1. The second-order valence-electron chi connectivity index (χ2n) is 9.50. The summed E-state index contributed by atoms with van der Waals surface area (Å²) in [6.07, 6.45) is 8.47. The zero-order valence-electron chi connectivity index (χ0n) is 21.9. The van der Waals surface area contributed by atoms with Crippen molar-refractivity contribution < 1.29 is 9.59 Å². The molecule has 5 rings (SSSR count). The summed E-state index contributed by atoms with van der Waals surface area (Å²) in [5.41, 5.74) is 2.96. The lowest BCUT2D eigenvalue weighted by atomic mass is 9.87. The first kappa shape index (κ1) is 29.5. The van der Waals surface area contributed by atoms with Crippen molar-refractivity contribution in [1.29, 1.82) is 0 Å². The van der Waals surface area contributed by atoms with E-state index in [0.29, 0.717) is 30.4 Å². The van der Waals surface area contributed by atoms with E-state index in [1.807, 2.05) is 60.7 Å². The Morgan fingerprint density at radius 2 is 1.30 bits per heavy atom. The molecule has 2 aromatic carbocycles. The Labute approximate surface area is 250 Å². The van der Waals surface area contributed by atoms with Crippen molar-refractivity contribution >= 4 is 55.3 Å². The molecule has 1 saturated carbocycles. The highest BCUT2D eigenvalue weighted by atomic mass is 79.9. The summed E-state index contributed by atoms with van der Waals surface area (Å²) in [5, 5.41) is 21.4. The lowest BCUT2D eigenvalue weighted by molar-refractivity contribution is -0.116. The molecular formula is C30H30Br2N6O2. The highest BCUT2D eigenvalue weighted by Gasteiger charge is 2.17. The molecule has 0 unspecified atom stereocenters. The molecule has 40 heavy (non-hydrogen) atoms. The molecule has 2 N–H and O–H groups in total. The molecule has 8 nitrogen and oxygen atoms in total. The van der Waals surface area contributed by atoms with Crippen LogP contribution in [0.1, 0.15) is 54.8 Å². The largest absolute Gasteiger partial charge is 0.309 e. The van der Waals surface area contributed by atoms with Crippen molar-refractivity contribution in [2.75, 3.05) is 10.6 Å². The average Bonchev–Trinajstić information content (AvgIpc) is 2.95. The van der Waals surface area contributed by atoms with Gasteiger partial charge >= 0.3 is 0 Å². The van der Waals surface area contributed by atoms with Crippen LogP contribution in [0.15, 0.2) is 87.9 Å². The highest BCUT2D eigenvalue weighted by molar-refractivity contribution is 9.10. The molecule has 2 amide bonds. The number of anilines is 2.